The molecule has 0 saturated carbocycles. The summed E-state index contributed by atoms with van der Waals surface area (Å²) in [6.45, 7) is 0. The molecule has 0 atom stereocenters. The first-order valence-corrected chi connectivity index (χ1v) is 1.79. The van der Waals surface area contributed by atoms with E-state index in [4.69, 9.17) is 0 Å². The van der Waals surface area contributed by atoms with Gasteiger partial charge in [0.2, 0.25) is 0 Å². The van der Waals surface area contributed by atoms with Crippen molar-refractivity contribution in [2.24, 2.45) is 10.3 Å². The Balaban J connectivity index is -0.000000180. The summed E-state index contributed by atoms with van der Waals surface area (Å²) < 4.78 is 0. The summed E-state index contributed by atoms with van der Waals surface area (Å²) in [6, 6.07) is 0. The second-order valence-corrected chi connectivity index (χ2v) is 1.16. The van der Waals surface area contributed by atoms with Gasteiger partial charge in [0.15, 0.2) is 0 Å². The van der Waals surface area contributed by atoms with E-state index < -0.39 is 0 Å². The van der Waals surface area contributed by atoms with Gasteiger partial charge in [0.25, 0.3) is 6.41 Å². The van der Waals surface area contributed by atoms with E-state index in [1.165, 1.54) is 5.01 Å². The Morgan fingerprint density at radius 3 is 1.89 bits per heavy atom. The summed E-state index contributed by atoms with van der Waals surface area (Å²) in [7, 11) is 3.38. The van der Waals surface area contributed by atoms with Crippen LogP contribution >= 0.6 is 24.8 Å². The average Bonchev–Trinajstić information content (AvgIpc) is 1.61. The number of hydrogen-bond acceptors (Lipinski definition) is 2. The molecule has 0 spiro atoms. The molecule has 0 aromatic carbocycles. The van der Waals surface area contributed by atoms with Gasteiger partial charge in [0.1, 0.15) is 0 Å². The highest BCUT2D eigenvalue weighted by molar-refractivity contribution is 5.85. The van der Waals surface area contributed by atoms with Crippen molar-refractivity contribution in [2.75, 3.05) is 14.1 Å². The number of halogens is 2. The number of carbonyl (C=O) groups excluding carboxylic acids is 1. The lowest BCUT2D eigenvalue weighted by molar-refractivity contribution is -0.107. The van der Waals surface area contributed by atoms with E-state index in [2.05, 4.69) is 10.3 Å². The predicted octanol–water partition coefficient (Wildman–Crippen LogP) is 0.915. The molecular weight excluding hydrogens is 165 g/mol. The lowest BCUT2D eigenvalue weighted by Crippen LogP contribution is -1.99. The summed E-state index contributed by atoms with van der Waals surface area (Å²) in [4.78, 5) is 9.42. The quantitative estimate of drug-likeness (QED) is 0.355. The molecule has 56 valence electrons. The highest BCUT2D eigenvalue weighted by Crippen LogP contribution is 1.72. The molecule has 0 radical (unpaired) electrons. The fraction of sp³-hybridized carbons (Fsp3) is 0.667. The van der Waals surface area contributed by atoms with Crippen molar-refractivity contribution in [1.82, 2.24) is 5.01 Å². The Kier molecular flexibility index (Phi) is 18.7. The zero-order valence-electron chi connectivity index (χ0n) is 5.14. The Bertz CT molecular complexity index is 85.1. The van der Waals surface area contributed by atoms with Crippen LogP contribution in [0.4, 0.5) is 0 Å². The van der Waals surface area contributed by atoms with Gasteiger partial charge in [-0.1, -0.05) is 10.3 Å². The standard InChI is InChI=1S/C3H7N3O.2ClH/c1-6(2)5-4-3-7;;/h3H,1-2H3;2*1H. The molecule has 1 amide bonds. The van der Waals surface area contributed by atoms with Crippen LogP contribution in [0.2, 0.25) is 0 Å². The van der Waals surface area contributed by atoms with Gasteiger partial charge in [-0.25, -0.2) is 0 Å². The molecule has 4 nitrogen and oxygen atoms in total. The lowest BCUT2D eigenvalue weighted by Gasteiger charge is -1.95. The number of carbonyl (C=O) groups is 1. The molecule has 0 fully saturated rings. The summed E-state index contributed by atoms with van der Waals surface area (Å²) in [5, 5.41) is 7.81. The monoisotopic (exact) mass is 173 g/mol. The first-order chi connectivity index (χ1) is 3.27. The van der Waals surface area contributed by atoms with Gasteiger partial charge in [-0.2, -0.15) is 0 Å². The molecule has 0 bridgehead atoms. The fourth-order valence-corrected chi connectivity index (χ4v) is 0.124. The van der Waals surface area contributed by atoms with Gasteiger partial charge in [-0.15, -0.1) is 24.8 Å². The van der Waals surface area contributed by atoms with Crippen LogP contribution in [0.5, 0.6) is 0 Å². The van der Waals surface area contributed by atoms with E-state index in [-0.39, 0.29) is 24.8 Å². The summed E-state index contributed by atoms with van der Waals surface area (Å²) in [6.07, 6.45) is 0.389. The first-order valence-electron chi connectivity index (χ1n) is 1.79. The molecule has 0 N–H and O–H groups in total. The molecule has 9 heavy (non-hydrogen) atoms. The highest BCUT2D eigenvalue weighted by atomic mass is 35.5. The number of nitrogens with zero attached hydrogens (tertiary/aromatic N) is 3. The van der Waals surface area contributed by atoms with E-state index in [1.807, 2.05) is 0 Å². The van der Waals surface area contributed by atoms with Crippen LogP contribution in [0, 0.1) is 0 Å². The van der Waals surface area contributed by atoms with Gasteiger partial charge in [0.05, 0.1) is 0 Å². The van der Waals surface area contributed by atoms with Crippen molar-refractivity contribution in [3.63, 3.8) is 0 Å². The minimum absolute atomic E-state index is 0. The topological polar surface area (TPSA) is 45.0 Å². The number of rotatable bonds is 2. The predicted molar refractivity (Wildman–Crippen MR) is 39.1 cm³/mol. The Morgan fingerprint density at radius 2 is 1.78 bits per heavy atom. The first kappa shape index (κ1) is 15.9. The van der Waals surface area contributed by atoms with Crippen molar-refractivity contribution in [2.45, 2.75) is 0 Å². The maximum atomic E-state index is 9.42. The largest absolute Gasteiger partial charge is 0.284 e. The van der Waals surface area contributed by atoms with Crippen molar-refractivity contribution in [1.29, 1.82) is 0 Å². The maximum absolute atomic E-state index is 9.42. The van der Waals surface area contributed by atoms with E-state index in [1.54, 1.807) is 14.1 Å². The summed E-state index contributed by atoms with van der Waals surface area (Å²) in [5.74, 6) is 0. The van der Waals surface area contributed by atoms with Crippen LogP contribution in [0.25, 0.3) is 0 Å². The third-order valence-corrected chi connectivity index (χ3v) is 0.278. The Morgan fingerprint density at radius 1 is 1.33 bits per heavy atom. The van der Waals surface area contributed by atoms with E-state index >= 15 is 0 Å². The van der Waals surface area contributed by atoms with Crippen molar-refractivity contribution < 1.29 is 4.79 Å². The van der Waals surface area contributed by atoms with Gasteiger partial charge >= 0.3 is 0 Å². The van der Waals surface area contributed by atoms with E-state index in [0.29, 0.717) is 6.41 Å². The highest BCUT2D eigenvalue weighted by Gasteiger charge is 1.71. The third-order valence-electron chi connectivity index (χ3n) is 0.278. The molecule has 0 aliphatic carbocycles. The summed E-state index contributed by atoms with van der Waals surface area (Å²) >= 11 is 0. The van der Waals surface area contributed by atoms with Crippen LogP contribution in [-0.2, 0) is 4.79 Å². The minimum atomic E-state index is 0. The Labute approximate surface area is 66.1 Å². The van der Waals surface area contributed by atoms with Gasteiger partial charge in [-0.05, 0) is 0 Å². The molecule has 0 aromatic rings. The van der Waals surface area contributed by atoms with E-state index in [9.17, 15) is 4.79 Å². The van der Waals surface area contributed by atoms with Crippen LogP contribution < -0.4 is 0 Å². The molecule has 0 unspecified atom stereocenters. The molecule has 0 aromatic heterocycles. The molecule has 0 saturated heterocycles. The normalized spacial score (nSPS) is 7.33. The van der Waals surface area contributed by atoms with Crippen LogP contribution in [0.3, 0.4) is 0 Å². The van der Waals surface area contributed by atoms with Crippen LogP contribution in [0.1, 0.15) is 0 Å². The van der Waals surface area contributed by atoms with Crippen molar-refractivity contribution in [3.8, 4) is 0 Å². The van der Waals surface area contributed by atoms with Crippen molar-refractivity contribution in [3.05, 3.63) is 0 Å². The molecular formula is C3H9Cl2N3O. The van der Waals surface area contributed by atoms with Gasteiger partial charge in [0, 0.05) is 14.1 Å². The Hall–Kier alpha value is -0.350. The summed E-state index contributed by atoms with van der Waals surface area (Å²) in [5.41, 5.74) is 0. The zero-order valence-corrected chi connectivity index (χ0v) is 6.78. The van der Waals surface area contributed by atoms with E-state index in [0.717, 1.165) is 0 Å². The second-order valence-electron chi connectivity index (χ2n) is 1.16. The van der Waals surface area contributed by atoms with Gasteiger partial charge < -0.3 is 0 Å². The number of hydrogen-bond donors (Lipinski definition) is 0. The van der Waals surface area contributed by atoms with Crippen LogP contribution in [-0.4, -0.2) is 25.5 Å². The SMILES string of the molecule is CN(C)N=NC=O.Cl.Cl. The van der Waals surface area contributed by atoms with Gasteiger partial charge in [-0.3, -0.25) is 9.80 Å². The second kappa shape index (κ2) is 10.6. The lowest BCUT2D eigenvalue weighted by atomic mass is 11.2. The molecule has 0 aliphatic rings. The molecule has 6 heteroatoms. The van der Waals surface area contributed by atoms with Crippen LogP contribution in [0.15, 0.2) is 10.3 Å². The smallest absolute Gasteiger partial charge is 0.254 e. The third kappa shape index (κ3) is 18.3. The fourth-order valence-electron chi connectivity index (χ4n) is 0.124. The molecule has 0 aliphatic heterocycles. The average molecular weight is 174 g/mol. The molecule has 0 rings (SSSR count). The van der Waals surface area contributed by atoms with Crippen molar-refractivity contribution >= 4 is 31.2 Å². The minimum Gasteiger partial charge on any atom is -0.284 e. The number of amides is 1. The molecule has 0 heterocycles. The maximum Gasteiger partial charge on any atom is 0.254 e. The zero-order chi connectivity index (χ0) is 5.70.